The minimum atomic E-state index is -0.439. The molecule has 1 rings (SSSR count). The first-order valence-corrected chi connectivity index (χ1v) is 6.93. The van der Waals surface area contributed by atoms with Gasteiger partial charge in [0, 0.05) is 5.54 Å². The Balaban J connectivity index is 2.45. The Kier molecular flexibility index (Phi) is 5.94. The molecule has 20 heavy (non-hydrogen) atoms. The van der Waals surface area contributed by atoms with E-state index in [9.17, 15) is 4.79 Å². The van der Waals surface area contributed by atoms with Crippen molar-refractivity contribution in [2.24, 2.45) is 0 Å². The summed E-state index contributed by atoms with van der Waals surface area (Å²) in [6.07, 6.45) is 1.04. The van der Waals surface area contributed by atoms with Gasteiger partial charge in [0.15, 0.2) is 0 Å². The average molecular weight is 283 g/mol. The zero-order valence-electron chi connectivity index (χ0n) is 12.9. The maximum absolute atomic E-state index is 11.9. The van der Waals surface area contributed by atoms with Crippen LogP contribution in [0.4, 0.5) is 6.01 Å². The van der Waals surface area contributed by atoms with Gasteiger partial charge in [-0.3, -0.25) is 4.79 Å². The molecule has 1 heterocycles. The van der Waals surface area contributed by atoms with Crippen LogP contribution in [-0.4, -0.2) is 34.2 Å². The SMILES string of the molecule is CCCNCc1nnc(NC(C)C(=O)NC(C)(C)C)o1. The van der Waals surface area contributed by atoms with Gasteiger partial charge in [0.05, 0.1) is 6.54 Å². The summed E-state index contributed by atoms with van der Waals surface area (Å²) in [5.74, 6) is 0.394. The van der Waals surface area contributed by atoms with E-state index < -0.39 is 6.04 Å². The number of rotatable bonds is 7. The van der Waals surface area contributed by atoms with Crippen molar-refractivity contribution in [2.75, 3.05) is 11.9 Å². The second kappa shape index (κ2) is 7.23. The van der Waals surface area contributed by atoms with E-state index in [0.717, 1.165) is 13.0 Å². The van der Waals surface area contributed by atoms with Crippen molar-refractivity contribution in [1.29, 1.82) is 0 Å². The Morgan fingerprint density at radius 1 is 1.35 bits per heavy atom. The molecule has 0 saturated heterocycles. The largest absolute Gasteiger partial charge is 0.407 e. The Labute approximate surface area is 119 Å². The molecule has 7 nitrogen and oxygen atoms in total. The minimum Gasteiger partial charge on any atom is -0.407 e. The lowest BCUT2D eigenvalue weighted by Crippen LogP contribution is -2.47. The Morgan fingerprint density at radius 3 is 2.65 bits per heavy atom. The summed E-state index contributed by atoms with van der Waals surface area (Å²) in [6.45, 7) is 11.1. The predicted molar refractivity (Wildman–Crippen MR) is 77.3 cm³/mol. The van der Waals surface area contributed by atoms with Crippen molar-refractivity contribution < 1.29 is 9.21 Å². The maximum atomic E-state index is 11.9. The van der Waals surface area contributed by atoms with Gasteiger partial charge < -0.3 is 20.4 Å². The van der Waals surface area contributed by atoms with Gasteiger partial charge in [-0.1, -0.05) is 12.0 Å². The van der Waals surface area contributed by atoms with Crippen molar-refractivity contribution in [3.63, 3.8) is 0 Å². The molecule has 0 saturated carbocycles. The molecule has 7 heteroatoms. The summed E-state index contributed by atoms with van der Waals surface area (Å²) in [5.41, 5.74) is -0.267. The Hall–Kier alpha value is -1.63. The van der Waals surface area contributed by atoms with Gasteiger partial charge in [-0.15, -0.1) is 5.10 Å². The number of amides is 1. The van der Waals surface area contributed by atoms with Gasteiger partial charge in [-0.2, -0.15) is 0 Å². The van der Waals surface area contributed by atoms with Crippen LogP contribution in [0.25, 0.3) is 0 Å². The van der Waals surface area contributed by atoms with E-state index in [2.05, 4.69) is 33.1 Å². The molecule has 1 aromatic rings. The van der Waals surface area contributed by atoms with Gasteiger partial charge >= 0.3 is 6.01 Å². The topological polar surface area (TPSA) is 92.1 Å². The molecule has 114 valence electrons. The van der Waals surface area contributed by atoms with Crippen LogP contribution in [0.2, 0.25) is 0 Å². The molecule has 0 radical (unpaired) electrons. The molecule has 1 atom stereocenters. The number of nitrogens with zero attached hydrogens (tertiary/aromatic N) is 2. The molecule has 0 aliphatic heterocycles. The van der Waals surface area contributed by atoms with Crippen molar-refractivity contribution in [1.82, 2.24) is 20.8 Å². The third-order valence-electron chi connectivity index (χ3n) is 2.40. The first kappa shape index (κ1) is 16.4. The lowest BCUT2D eigenvalue weighted by molar-refractivity contribution is -0.122. The maximum Gasteiger partial charge on any atom is 0.316 e. The second-order valence-electron chi connectivity index (χ2n) is 5.78. The van der Waals surface area contributed by atoms with Crippen LogP contribution in [0.1, 0.15) is 46.9 Å². The zero-order valence-corrected chi connectivity index (χ0v) is 12.9. The third kappa shape index (κ3) is 6.01. The van der Waals surface area contributed by atoms with Gasteiger partial charge in [-0.05, 0) is 40.7 Å². The number of anilines is 1. The van der Waals surface area contributed by atoms with Crippen molar-refractivity contribution in [3.05, 3.63) is 5.89 Å². The second-order valence-corrected chi connectivity index (χ2v) is 5.78. The fourth-order valence-electron chi connectivity index (χ4n) is 1.48. The number of aromatic nitrogens is 2. The van der Waals surface area contributed by atoms with Gasteiger partial charge in [0.1, 0.15) is 6.04 Å². The van der Waals surface area contributed by atoms with Crippen LogP contribution >= 0.6 is 0 Å². The highest BCUT2D eigenvalue weighted by molar-refractivity contribution is 5.84. The van der Waals surface area contributed by atoms with E-state index in [1.807, 2.05) is 20.8 Å². The molecule has 1 amide bonds. The molecular formula is C13H25N5O2. The molecule has 3 N–H and O–H groups in total. The first-order valence-electron chi connectivity index (χ1n) is 6.93. The van der Waals surface area contributed by atoms with E-state index in [1.54, 1.807) is 6.92 Å². The molecule has 0 aliphatic rings. The van der Waals surface area contributed by atoms with E-state index in [4.69, 9.17) is 4.42 Å². The number of carbonyl (C=O) groups is 1. The normalized spacial score (nSPS) is 13.1. The number of carbonyl (C=O) groups excluding carboxylic acids is 1. The minimum absolute atomic E-state index is 0.110. The van der Waals surface area contributed by atoms with Gasteiger partial charge in [0.25, 0.3) is 0 Å². The van der Waals surface area contributed by atoms with Gasteiger partial charge in [0.2, 0.25) is 11.8 Å². The molecule has 0 aliphatic carbocycles. The molecule has 0 fully saturated rings. The molecule has 0 bridgehead atoms. The van der Waals surface area contributed by atoms with E-state index in [-0.39, 0.29) is 17.5 Å². The van der Waals surface area contributed by atoms with Crippen molar-refractivity contribution in [3.8, 4) is 0 Å². The summed E-state index contributed by atoms with van der Waals surface area (Å²) >= 11 is 0. The van der Waals surface area contributed by atoms with Crippen molar-refractivity contribution >= 4 is 11.9 Å². The fraction of sp³-hybridized carbons (Fsp3) is 0.769. The zero-order chi connectivity index (χ0) is 15.2. The van der Waals surface area contributed by atoms with Gasteiger partial charge in [-0.25, -0.2) is 0 Å². The number of hydrogen-bond donors (Lipinski definition) is 3. The smallest absolute Gasteiger partial charge is 0.316 e. The Bertz CT molecular complexity index is 425. The van der Waals surface area contributed by atoms with E-state index in [0.29, 0.717) is 12.4 Å². The fourth-order valence-corrected chi connectivity index (χ4v) is 1.48. The summed E-state index contributed by atoms with van der Waals surface area (Å²) in [7, 11) is 0. The van der Waals surface area contributed by atoms with Crippen molar-refractivity contribution in [2.45, 2.75) is 59.2 Å². The molecule has 0 spiro atoms. The quantitative estimate of drug-likeness (QED) is 0.653. The standard InChI is InChI=1S/C13H25N5O2/c1-6-7-14-8-10-17-18-12(20-10)15-9(2)11(19)16-13(3,4)5/h9,14H,6-8H2,1-5H3,(H,15,18)(H,16,19). The summed E-state index contributed by atoms with van der Waals surface area (Å²) in [4.78, 5) is 11.9. The summed E-state index contributed by atoms with van der Waals surface area (Å²) in [6, 6.07) is -0.180. The van der Waals surface area contributed by atoms with Crippen LogP contribution in [-0.2, 0) is 11.3 Å². The highest BCUT2D eigenvalue weighted by Crippen LogP contribution is 2.08. The number of hydrogen-bond acceptors (Lipinski definition) is 6. The average Bonchev–Trinajstić information content (AvgIpc) is 2.75. The van der Waals surface area contributed by atoms with Crippen LogP contribution in [0.3, 0.4) is 0 Å². The molecule has 1 aromatic heterocycles. The van der Waals surface area contributed by atoms with Crippen LogP contribution < -0.4 is 16.0 Å². The monoisotopic (exact) mass is 283 g/mol. The summed E-state index contributed by atoms with van der Waals surface area (Å²) < 4.78 is 5.41. The van der Waals surface area contributed by atoms with Crippen LogP contribution in [0, 0.1) is 0 Å². The highest BCUT2D eigenvalue weighted by atomic mass is 16.4. The predicted octanol–water partition coefficient (Wildman–Crippen LogP) is 1.28. The summed E-state index contributed by atoms with van der Waals surface area (Å²) in [5, 5.41) is 16.7. The highest BCUT2D eigenvalue weighted by Gasteiger charge is 2.20. The van der Waals surface area contributed by atoms with E-state index >= 15 is 0 Å². The molecule has 0 aromatic carbocycles. The molecular weight excluding hydrogens is 258 g/mol. The number of nitrogens with one attached hydrogen (secondary N) is 3. The van der Waals surface area contributed by atoms with E-state index in [1.165, 1.54) is 0 Å². The first-order chi connectivity index (χ1) is 9.31. The lowest BCUT2D eigenvalue weighted by atomic mass is 10.1. The van der Waals surface area contributed by atoms with Crippen LogP contribution in [0.5, 0.6) is 0 Å². The molecule has 1 unspecified atom stereocenters. The lowest BCUT2D eigenvalue weighted by Gasteiger charge is -2.23. The Morgan fingerprint density at radius 2 is 2.05 bits per heavy atom. The third-order valence-corrected chi connectivity index (χ3v) is 2.40. The van der Waals surface area contributed by atoms with Crippen LogP contribution in [0.15, 0.2) is 4.42 Å².